The number of aromatic nitrogens is 6. The van der Waals surface area contributed by atoms with Gasteiger partial charge in [-0.3, -0.25) is 0 Å². The molecule has 0 bridgehead atoms. The molecular weight excluding hydrogens is 506 g/mol. The quantitative estimate of drug-likeness (QED) is 0.308. The standard InChI is InChI=1S/C24H27N11O4/c1-24(2,3)23-28-21-19(22(29-23)32-10-8-15(36)13-32)30-33(31-21)12-14-5-4-9-25-20(14)27-16-6-7-18(35(37)38)34-17(16)11-26-39-34/h4-7,9,11,15,26,36H,8,10,12-13H2,1-3H3,(H,25,27)/t15-/m0/s1. The third-order valence-corrected chi connectivity index (χ3v) is 6.49. The molecule has 0 amide bonds. The van der Waals surface area contributed by atoms with Crippen LogP contribution < -0.4 is 15.7 Å². The fourth-order valence-electron chi connectivity index (χ4n) is 4.51. The zero-order valence-corrected chi connectivity index (χ0v) is 21.6. The van der Waals surface area contributed by atoms with Crippen LogP contribution in [0.3, 0.4) is 0 Å². The van der Waals surface area contributed by atoms with E-state index >= 15 is 0 Å². The summed E-state index contributed by atoms with van der Waals surface area (Å²) in [5.41, 5.74) is 5.06. The Hall–Kier alpha value is -4.63. The second kappa shape index (κ2) is 9.28. The first-order valence-electron chi connectivity index (χ1n) is 12.4. The molecule has 3 aliphatic rings. The summed E-state index contributed by atoms with van der Waals surface area (Å²) in [5, 5.41) is 35.2. The molecule has 0 aromatic carbocycles. The SMILES string of the molecule is CC(C)(C)c1nc(N2CC[C@H](O)C2)c2nn(Cc3cccnc3NC3=CC=C([N+](=O)[O-])N4ONC=C34)nc2n1. The molecule has 0 radical (unpaired) electrons. The van der Waals surface area contributed by atoms with Crippen LogP contribution in [0, 0.1) is 10.1 Å². The van der Waals surface area contributed by atoms with Crippen LogP contribution in [0.1, 0.15) is 38.6 Å². The van der Waals surface area contributed by atoms with Crippen LogP contribution in [0.4, 0.5) is 11.6 Å². The lowest BCUT2D eigenvalue weighted by Crippen LogP contribution is -2.29. The highest BCUT2D eigenvalue weighted by Gasteiger charge is 2.37. The highest BCUT2D eigenvalue weighted by molar-refractivity contribution is 5.82. The number of β-amino-alcohol motifs (C(OH)–C–C–N with tert-alkyl or cyclic N) is 1. The van der Waals surface area contributed by atoms with Crippen LogP contribution in [0.25, 0.3) is 11.2 Å². The lowest BCUT2D eigenvalue weighted by atomic mass is 9.96. The van der Waals surface area contributed by atoms with E-state index in [1.807, 2.05) is 37.8 Å². The molecule has 6 rings (SSSR count). The number of anilines is 2. The molecular formula is C24H27N11O4. The van der Waals surface area contributed by atoms with Crippen molar-refractivity contribution in [2.75, 3.05) is 23.3 Å². The maximum Gasteiger partial charge on any atom is 0.355 e. The average molecular weight is 534 g/mol. The zero-order chi connectivity index (χ0) is 27.3. The monoisotopic (exact) mass is 533 g/mol. The van der Waals surface area contributed by atoms with Gasteiger partial charge in [-0.15, -0.1) is 10.2 Å². The molecule has 3 aromatic heterocycles. The van der Waals surface area contributed by atoms with Crippen molar-refractivity contribution in [3.63, 3.8) is 0 Å². The van der Waals surface area contributed by atoms with E-state index in [0.717, 1.165) is 10.6 Å². The Morgan fingerprint density at radius 2 is 2.13 bits per heavy atom. The molecule has 15 nitrogen and oxygen atoms in total. The lowest BCUT2D eigenvalue weighted by Gasteiger charge is -2.21. The van der Waals surface area contributed by atoms with E-state index in [9.17, 15) is 15.2 Å². The normalized spacial score (nSPS) is 19.0. The molecule has 0 aliphatic carbocycles. The van der Waals surface area contributed by atoms with Gasteiger partial charge in [0.2, 0.25) is 11.3 Å². The average Bonchev–Trinajstić information content (AvgIpc) is 3.63. The number of rotatable bonds is 6. The van der Waals surface area contributed by atoms with Gasteiger partial charge >= 0.3 is 5.82 Å². The minimum absolute atomic E-state index is 0.220. The number of nitrogens with zero attached hydrogens (tertiary/aromatic N) is 9. The summed E-state index contributed by atoms with van der Waals surface area (Å²) in [6.07, 6.45) is 6.35. The molecule has 0 unspecified atom stereocenters. The number of allylic oxidation sites excluding steroid dienone is 2. The summed E-state index contributed by atoms with van der Waals surface area (Å²) in [4.78, 5) is 33.6. The maximum atomic E-state index is 11.4. The number of aliphatic hydroxyl groups excluding tert-OH is 1. The van der Waals surface area contributed by atoms with Crippen molar-refractivity contribution in [3.05, 3.63) is 75.4 Å². The minimum Gasteiger partial charge on any atom is -0.391 e. The van der Waals surface area contributed by atoms with Gasteiger partial charge in [-0.05, 0) is 28.5 Å². The molecule has 1 saturated heterocycles. The van der Waals surface area contributed by atoms with Gasteiger partial charge in [0.15, 0.2) is 11.3 Å². The van der Waals surface area contributed by atoms with E-state index in [2.05, 4.69) is 20.9 Å². The van der Waals surface area contributed by atoms with Gasteiger partial charge in [-0.25, -0.2) is 20.4 Å². The summed E-state index contributed by atoms with van der Waals surface area (Å²) in [6, 6.07) is 3.70. The van der Waals surface area contributed by atoms with Crippen molar-refractivity contribution in [2.24, 2.45) is 0 Å². The molecule has 1 atom stereocenters. The number of hydrogen-bond donors (Lipinski definition) is 3. The van der Waals surface area contributed by atoms with E-state index in [0.29, 0.717) is 59.5 Å². The number of hydroxylamine groups is 3. The number of fused-ring (bicyclic) bond motifs is 2. The van der Waals surface area contributed by atoms with Crippen molar-refractivity contribution in [2.45, 2.75) is 45.3 Å². The molecule has 6 heterocycles. The van der Waals surface area contributed by atoms with E-state index in [-0.39, 0.29) is 17.8 Å². The fourth-order valence-corrected chi connectivity index (χ4v) is 4.51. The number of pyridine rings is 1. The fraction of sp³-hybridized carbons (Fsp3) is 0.375. The Morgan fingerprint density at radius 3 is 2.87 bits per heavy atom. The third kappa shape index (κ3) is 4.61. The van der Waals surface area contributed by atoms with Gasteiger partial charge in [0.1, 0.15) is 11.6 Å². The topological polar surface area (TPSA) is 173 Å². The van der Waals surface area contributed by atoms with Crippen LogP contribution in [-0.4, -0.2) is 64.2 Å². The summed E-state index contributed by atoms with van der Waals surface area (Å²) in [6.45, 7) is 7.56. The third-order valence-electron chi connectivity index (χ3n) is 6.49. The molecule has 3 aromatic rings. The zero-order valence-electron chi connectivity index (χ0n) is 21.6. The van der Waals surface area contributed by atoms with Crippen molar-refractivity contribution in [3.8, 4) is 0 Å². The number of nitrogens with one attached hydrogen (secondary N) is 2. The van der Waals surface area contributed by atoms with E-state index in [1.165, 1.54) is 12.3 Å². The van der Waals surface area contributed by atoms with Crippen molar-refractivity contribution < 1.29 is 15.0 Å². The summed E-state index contributed by atoms with van der Waals surface area (Å²) in [7, 11) is 0. The molecule has 1 fully saturated rings. The first-order valence-corrected chi connectivity index (χ1v) is 12.4. The predicted octanol–water partition coefficient (Wildman–Crippen LogP) is 1.55. The number of aliphatic hydroxyl groups is 1. The van der Waals surface area contributed by atoms with Crippen LogP contribution in [0.5, 0.6) is 0 Å². The first-order chi connectivity index (χ1) is 18.7. The lowest BCUT2D eigenvalue weighted by molar-refractivity contribution is -0.465. The van der Waals surface area contributed by atoms with Crippen LogP contribution in [-0.2, 0) is 16.9 Å². The van der Waals surface area contributed by atoms with Crippen LogP contribution in [0.2, 0.25) is 0 Å². The van der Waals surface area contributed by atoms with Gasteiger partial charge in [0.25, 0.3) is 0 Å². The molecule has 202 valence electrons. The van der Waals surface area contributed by atoms with Gasteiger partial charge in [0.05, 0.1) is 24.5 Å². The van der Waals surface area contributed by atoms with Crippen molar-refractivity contribution in [1.29, 1.82) is 0 Å². The van der Waals surface area contributed by atoms with Gasteiger partial charge in [-0.1, -0.05) is 31.8 Å². The van der Waals surface area contributed by atoms with Gasteiger partial charge in [0, 0.05) is 36.3 Å². The van der Waals surface area contributed by atoms with Crippen molar-refractivity contribution in [1.82, 2.24) is 40.5 Å². The number of hydrogen-bond acceptors (Lipinski definition) is 13. The molecule has 0 saturated carbocycles. The van der Waals surface area contributed by atoms with Gasteiger partial charge in [-0.2, -0.15) is 4.80 Å². The largest absolute Gasteiger partial charge is 0.391 e. The highest BCUT2D eigenvalue weighted by Crippen LogP contribution is 2.31. The first kappa shape index (κ1) is 24.7. The summed E-state index contributed by atoms with van der Waals surface area (Å²) in [5.74, 6) is 1.63. The van der Waals surface area contributed by atoms with Crippen LogP contribution in [0.15, 0.2) is 53.9 Å². The van der Waals surface area contributed by atoms with Gasteiger partial charge < -0.3 is 25.4 Å². The van der Waals surface area contributed by atoms with Crippen molar-refractivity contribution >= 4 is 22.8 Å². The Labute approximate surface area is 222 Å². The molecule has 3 aliphatic heterocycles. The predicted molar refractivity (Wildman–Crippen MR) is 139 cm³/mol. The summed E-state index contributed by atoms with van der Waals surface area (Å²) < 4.78 is 0. The second-order valence-electron chi connectivity index (χ2n) is 10.4. The molecule has 39 heavy (non-hydrogen) atoms. The maximum absolute atomic E-state index is 11.4. The Morgan fingerprint density at radius 1 is 1.28 bits per heavy atom. The molecule has 15 heteroatoms. The minimum atomic E-state index is -0.528. The smallest absolute Gasteiger partial charge is 0.355 e. The van der Waals surface area contributed by atoms with E-state index in [4.69, 9.17) is 20.0 Å². The second-order valence-corrected chi connectivity index (χ2v) is 10.4. The van der Waals surface area contributed by atoms with E-state index in [1.54, 1.807) is 17.1 Å². The Kier molecular flexibility index (Phi) is 5.88. The highest BCUT2D eigenvalue weighted by atomic mass is 16.8. The Balaban J connectivity index is 1.33. The Bertz CT molecular complexity index is 1560. The van der Waals surface area contributed by atoms with E-state index < -0.39 is 11.0 Å². The molecule has 0 spiro atoms. The van der Waals surface area contributed by atoms with Crippen LogP contribution >= 0.6 is 0 Å². The summed E-state index contributed by atoms with van der Waals surface area (Å²) >= 11 is 0. The number of nitro groups is 1. The molecule has 3 N–H and O–H groups in total.